The van der Waals surface area contributed by atoms with Gasteiger partial charge in [0.15, 0.2) is 0 Å². The van der Waals surface area contributed by atoms with E-state index < -0.39 is 0 Å². The molecule has 0 saturated carbocycles. The number of benzene rings is 1. The Kier molecular flexibility index (Phi) is 8.17. The fraction of sp³-hybridized carbons (Fsp3) is 0.529. The van der Waals surface area contributed by atoms with Crippen LogP contribution < -0.4 is 10.6 Å². The van der Waals surface area contributed by atoms with Crippen molar-refractivity contribution in [3.05, 3.63) is 30.3 Å². The van der Waals surface area contributed by atoms with Crippen molar-refractivity contribution in [1.82, 2.24) is 5.32 Å². The number of amides is 2. The van der Waals surface area contributed by atoms with E-state index in [1.165, 1.54) is 0 Å². The minimum absolute atomic E-state index is 0.0463. The largest absolute Gasteiger partial charge is 0.356 e. The molecular weight excluding hydrogens is 264 g/mol. The molecule has 4 heteroatoms. The van der Waals surface area contributed by atoms with Gasteiger partial charge in [-0.1, -0.05) is 38.5 Å². The number of nitrogens with one attached hydrogen (secondary N) is 2. The van der Waals surface area contributed by atoms with Gasteiger partial charge in [0.05, 0.1) is 0 Å². The number of carbonyl (C=O) groups is 2. The van der Waals surface area contributed by atoms with E-state index in [9.17, 15) is 9.59 Å². The molecular formula is C17H26N2O2. The molecule has 0 unspecified atom stereocenters. The molecule has 0 spiro atoms. The lowest BCUT2D eigenvalue weighted by atomic mass is 10.1. The second-order valence-electron chi connectivity index (χ2n) is 5.67. The van der Waals surface area contributed by atoms with Gasteiger partial charge in [-0.15, -0.1) is 0 Å². The van der Waals surface area contributed by atoms with Gasteiger partial charge < -0.3 is 10.6 Å². The molecule has 1 rings (SSSR count). The monoisotopic (exact) mass is 290 g/mol. The average molecular weight is 290 g/mol. The van der Waals surface area contributed by atoms with E-state index in [4.69, 9.17) is 0 Å². The van der Waals surface area contributed by atoms with Crippen LogP contribution in [0.15, 0.2) is 30.3 Å². The molecule has 1 aromatic carbocycles. The average Bonchev–Trinajstić information content (AvgIpc) is 2.43. The SMILES string of the molecule is CC(C)CC(=O)NCCCCCC(=O)Nc1ccccc1. The lowest BCUT2D eigenvalue weighted by molar-refractivity contribution is -0.121. The highest BCUT2D eigenvalue weighted by atomic mass is 16.2. The van der Waals surface area contributed by atoms with Gasteiger partial charge in [-0.3, -0.25) is 9.59 Å². The third kappa shape index (κ3) is 8.84. The molecule has 0 radical (unpaired) electrons. The molecule has 0 aliphatic rings. The van der Waals surface area contributed by atoms with Crippen molar-refractivity contribution < 1.29 is 9.59 Å². The predicted molar refractivity (Wildman–Crippen MR) is 86.0 cm³/mol. The highest BCUT2D eigenvalue weighted by Crippen LogP contribution is 2.07. The molecule has 0 fully saturated rings. The maximum absolute atomic E-state index is 11.7. The van der Waals surface area contributed by atoms with Crippen LogP contribution in [-0.2, 0) is 9.59 Å². The Morgan fingerprint density at radius 3 is 2.38 bits per heavy atom. The Labute approximate surface area is 127 Å². The van der Waals surface area contributed by atoms with Crippen molar-refractivity contribution in [3.63, 3.8) is 0 Å². The van der Waals surface area contributed by atoms with Gasteiger partial charge >= 0.3 is 0 Å². The van der Waals surface area contributed by atoms with E-state index in [1.807, 2.05) is 44.2 Å². The van der Waals surface area contributed by atoms with Gasteiger partial charge in [0, 0.05) is 25.1 Å². The van der Waals surface area contributed by atoms with Crippen LogP contribution in [0.1, 0.15) is 46.0 Å². The first-order valence-corrected chi connectivity index (χ1v) is 7.69. The summed E-state index contributed by atoms with van der Waals surface area (Å²) in [5.74, 6) is 0.559. The molecule has 21 heavy (non-hydrogen) atoms. The van der Waals surface area contributed by atoms with Crippen molar-refractivity contribution >= 4 is 17.5 Å². The first kappa shape index (κ1) is 17.2. The van der Waals surface area contributed by atoms with Crippen LogP contribution in [0.5, 0.6) is 0 Å². The Morgan fingerprint density at radius 2 is 1.71 bits per heavy atom. The van der Waals surface area contributed by atoms with Gasteiger partial charge in [-0.25, -0.2) is 0 Å². The van der Waals surface area contributed by atoms with Gasteiger partial charge in [0.1, 0.15) is 0 Å². The van der Waals surface area contributed by atoms with Crippen LogP contribution >= 0.6 is 0 Å². The van der Waals surface area contributed by atoms with E-state index >= 15 is 0 Å². The lowest BCUT2D eigenvalue weighted by Crippen LogP contribution is -2.25. The molecule has 2 amide bonds. The second-order valence-corrected chi connectivity index (χ2v) is 5.67. The molecule has 0 aliphatic heterocycles. The first-order valence-electron chi connectivity index (χ1n) is 7.69. The quantitative estimate of drug-likeness (QED) is 0.685. The summed E-state index contributed by atoms with van der Waals surface area (Å²) in [5, 5.41) is 5.77. The summed E-state index contributed by atoms with van der Waals surface area (Å²) in [6.45, 7) is 4.77. The van der Waals surface area contributed by atoms with Gasteiger partial charge in [0.2, 0.25) is 11.8 Å². The number of hydrogen-bond donors (Lipinski definition) is 2. The van der Waals surface area contributed by atoms with E-state index in [0.717, 1.165) is 24.9 Å². The Hall–Kier alpha value is -1.84. The van der Waals surface area contributed by atoms with Crippen LogP contribution in [0.2, 0.25) is 0 Å². The molecule has 1 aromatic rings. The fourth-order valence-electron chi connectivity index (χ4n) is 2.00. The molecule has 0 heterocycles. The number of unbranched alkanes of at least 4 members (excludes halogenated alkanes) is 2. The molecule has 0 bridgehead atoms. The zero-order valence-corrected chi connectivity index (χ0v) is 13.0. The molecule has 0 atom stereocenters. The summed E-state index contributed by atoms with van der Waals surface area (Å²) in [5.41, 5.74) is 0.837. The van der Waals surface area contributed by atoms with Crippen molar-refractivity contribution in [1.29, 1.82) is 0 Å². The van der Waals surface area contributed by atoms with E-state index in [-0.39, 0.29) is 11.8 Å². The van der Waals surface area contributed by atoms with E-state index in [0.29, 0.717) is 25.3 Å². The Bertz CT molecular complexity index is 430. The predicted octanol–water partition coefficient (Wildman–Crippen LogP) is 3.35. The summed E-state index contributed by atoms with van der Waals surface area (Å²) in [6, 6.07) is 9.47. The highest BCUT2D eigenvalue weighted by Gasteiger charge is 2.04. The molecule has 0 saturated heterocycles. The summed E-state index contributed by atoms with van der Waals surface area (Å²) in [7, 11) is 0. The van der Waals surface area contributed by atoms with Gasteiger partial charge in [-0.2, -0.15) is 0 Å². The highest BCUT2D eigenvalue weighted by molar-refractivity contribution is 5.90. The number of rotatable bonds is 9. The van der Waals surface area contributed by atoms with Crippen LogP contribution in [0.3, 0.4) is 0 Å². The minimum Gasteiger partial charge on any atom is -0.356 e. The van der Waals surface area contributed by atoms with E-state index in [2.05, 4.69) is 10.6 Å². The number of para-hydroxylation sites is 1. The summed E-state index contributed by atoms with van der Waals surface area (Å²) < 4.78 is 0. The number of hydrogen-bond acceptors (Lipinski definition) is 2. The normalized spacial score (nSPS) is 10.4. The molecule has 116 valence electrons. The second kappa shape index (κ2) is 9.97. The van der Waals surface area contributed by atoms with Crippen molar-refractivity contribution in [2.75, 3.05) is 11.9 Å². The smallest absolute Gasteiger partial charge is 0.224 e. The van der Waals surface area contributed by atoms with Crippen molar-refractivity contribution in [2.24, 2.45) is 5.92 Å². The maximum atomic E-state index is 11.7. The lowest BCUT2D eigenvalue weighted by Gasteiger charge is -2.07. The van der Waals surface area contributed by atoms with Crippen LogP contribution in [0.25, 0.3) is 0 Å². The number of carbonyl (C=O) groups excluding carboxylic acids is 2. The van der Waals surface area contributed by atoms with Crippen molar-refractivity contribution in [2.45, 2.75) is 46.0 Å². The molecule has 4 nitrogen and oxygen atoms in total. The zero-order valence-electron chi connectivity index (χ0n) is 13.0. The standard InChI is InChI=1S/C17H26N2O2/c1-14(2)13-17(21)18-12-8-4-7-11-16(20)19-15-9-5-3-6-10-15/h3,5-6,9-10,14H,4,7-8,11-13H2,1-2H3,(H,18,21)(H,19,20). The third-order valence-electron chi connectivity index (χ3n) is 3.05. The first-order chi connectivity index (χ1) is 10.1. The molecule has 0 aliphatic carbocycles. The number of anilines is 1. The third-order valence-corrected chi connectivity index (χ3v) is 3.05. The van der Waals surface area contributed by atoms with E-state index in [1.54, 1.807) is 0 Å². The van der Waals surface area contributed by atoms with Crippen molar-refractivity contribution in [3.8, 4) is 0 Å². The zero-order chi connectivity index (χ0) is 15.5. The topological polar surface area (TPSA) is 58.2 Å². The van der Waals surface area contributed by atoms with Crippen LogP contribution in [0, 0.1) is 5.92 Å². The Balaban J connectivity index is 2.01. The van der Waals surface area contributed by atoms with Gasteiger partial charge in [-0.05, 0) is 30.9 Å². The summed E-state index contributed by atoms with van der Waals surface area (Å²) in [6.07, 6.45) is 3.82. The minimum atomic E-state index is 0.0463. The van der Waals surface area contributed by atoms with Crippen LogP contribution in [0.4, 0.5) is 5.69 Å². The maximum Gasteiger partial charge on any atom is 0.224 e. The van der Waals surface area contributed by atoms with Crippen LogP contribution in [-0.4, -0.2) is 18.4 Å². The van der Waals surface area contributed by atoms with Gasteiger partial charge in [0.25, 0.3) is 0 Å². The fourth-order valence-corrected chi connectivity index (χ4v) is 2.00. The summed E-state index contributed by atoms with van der Waals surface area (Å²) >= 11 is 0. The molecule has 2 N–H and O–H groups in total. The Morgan fingerprint density at radius 1 is 1.00 bits per heavy atom. The summed E-state index contributed by atoms with van der Waals surface area (Å²) in [4.78, 5) is 23.1. The molecule has 0 aromatic heterocycles.